The topological polar surface area (TPSA) is 115 Å². The minimum absolute atomic E-state index is 0.00759. The molecule has 2 fully saturated rings. The summed E-state index contributed by atoms with van der Waals surface area (Å²) in [5.74, 6) is 2.10. The molecule has 192 valence electrons. The standard InChI is InChI=1S/C22H30F3N7O2S/c1-35(33,34)16-10-15(11-16)27-19-17(22(23,24)25)12-26-21(29-19)28-14-6-4-5-13(9-14)20-31-30-18-7-2-3-8-32(18)20/h12-16H,2-11H2,1H3,(H2,26,27,28,29)/t13-,14+,15?,16?/m0/s1. The Bertz CT molecular complexity index is 1180. The molecule has 3 heterocycles. The van der Waals surface area contributed by atoms with Gasteiger partial charge in [0.15, 0.2) is 0 Å². The molecule has 0 unspecified atom stereocenters. The van der Waals surface area contributed by atoms with Gasteiger partial charge in [-0.2, -0.15) is 18.2 Å². The molecule has 0 saturated heterocycles. The number of fused-ring (bicyclic) bond motifs is 1. The van der Waals surface area contributed by atoms with Crippen LogP contribution in [0, 0.1) is 0 Å². The first-order valence-electron chi connectivity index (χ1n) is 12.2. The Hall–Kier alpha value is -2.44. The van der Waals surface area contributed by atoms with Crippen LogP contribution in [0.1, 0.15) is 74.5 Å². The third-order valence-corrected chi connectivity index (χ3v) is 8.99. The van der Waals surface area contributed by atoms with E-state index in [2.05, 4.69) is 35.4 Å². The lowest BCUT2D eigenvalue weighted by Crippen LogP contribution is -2.44. The fraction of sp³-hybridized carbons (Fsp3) is 0.727. The predicted octanol–water partition coefficient (Wildman–Crippen LogP) is 3.55. The lowest BCUT2D eigenvalue weighted by Gasteiger charge is -2.35. The highest BCUT2D eigenvalue weighted by molar-refractivity contribution is 7.91. The monoisotopic (exact) mass is 513 g/mol. The number of alkyl halides is 3. The fourth-order valence-corrected chi connectivity index (χ4v) is 6.53. The molecular weight excluding hydrogens is 483 g/mol. The maximum Gasteiger partial charge on any atom is 0.421 e. The van der Waals surface area contributed by atoms with E-state index in [0.717, 1.165) is 75.6 Å². The summed E-state index contributed by atoms with van der Waals surface area (Å²) in [5, 5.41) is 14.3. The molecule has 2 atom stereocenters. The largest absolute Gasteiger partial charge is 0.421 e. The molecule has 0 bridgehead atoms. The van der Waals surface area contributed by atoms with E-state index in [1.165, 1.54) is 0 Å². The molecular formula is C22H30F3N7O2S. The molecule has 0 aromatic carbocycles. The van der Waals surface area contributed by atoms with Crippen molar-refractivity contribution in [3.8, 4) is 0 Å². The molecule has 9 nitrogen and oxygen atoms in total. The predicted molar refractivity (Wildman–Crippen MR) is 124 cm³/mol. The zero-order valence-electron chi connectivity index (χ0n) is 19.6. The molecule has 3 aliphatic rings. The molecule has 0 amide bonds. The molecule has 2 aliphatic carbocycles. The van der Waals surface area contributed by atoms with Crippen LogP contribution in [-0.2, 0) is 29.0 Å². The SMILES string of the molecule is CS(=O)(=O)C1CC(Nc2nc(N[C@@H]3CCC[C@H](c4nnc5n4CCCC5)C3)ncc2C(F)(F)F)C1. The zero-order chi connectivity index (χ0) is 24.8. The number of hydrogen-bond donors (Lipinski definition) is 2. The van der Waals surface area contributed by atoms with Crippen LogP contribution in [0.25, 0.3) is 0 Å². The number of hydrogen-bond acceptors (Lipinski definition) is 8. The fourth-order valence-electron chi connectivity index (χ4n) is 5.37. The maximum atomic E-state index is 13.6. The number of aryl methyl sites for hydroxylation is 1. The van der Waals surface area contributed by atoms with Gasteiger partial charge in [-0.1, -0.05) is 6.42 Å². The quantitative estimate of drug-likeness (QED) is 0.603. The van der Waals surface area contributed by atoms with Crippen LogP contribution >= 0.6 is 0 Å². The molecule has 0 radical (unpaired) electrons. The van der Waals surface area contributed by atoms with Crippen molar-refractivity contribution >= 4 is 21.6 Å². The molecule has 1 aliphatic heterocycles. The van der Waals surface area contributed by atoms with Gasteiger partial charge in [0, 0.05) is 43.4 Å². The first-order chi connectivity index (χ1) is 16.6. The van der Waals surface area contributed by atoms with E-state index in [4.69, 9.17) is 0 Å². The van der Waals surface area contributed by atoms with Gasteiger partial charge in [0.2, 0.25) is 5.95 Å². The Morgan fingerprint density at radius 1 is 1.03 bits per heavy atom. The van der Waals surface area contributed by atoms with Crippen LogP contribution in [0.15, 0.2) is 6.20 Å². The summed E-state index contributed by atoms with van der Waals surface area (Å²) < 4.78 is 66.2. The molecule has 2 aromatic rings. The van der Waals surface area contributed by atoms with Crippen LogP contribution in [0.2, 0.25) is 0 Å². The lowest BCUT2D eigenvalue weighted by atomic mass is 9.85. The van der Waals surface area contributed by atoms with Gasteiger partial charge in [-0.15, -0.1) is 10.2 Å². The summed E-state index contributed by atoms with van der Waals surface area (Å²) in [6.07, 6.45) is 4.64. The van der Waals surface area contributed by atoms with E-state index in [0.29, 0.717) is 0 Å². The van der Waals surface area contributed by atoms with E-state index in [1.807, 2.05) is 0 Å². The molecule has 2 aromatic heterocycles. The van der Waals surface area contributed by atoms with Gasteiger partial charge < -0.3 is 15.2 Å². The number of nitrogens with zero attached hydrogens (tertiary/aromatic N) is 5. The van der Waals surface area contributed by atoms with Crippen LogP contribution < -0.4 is 10.6 Å². The number of halogens is 3. The first-order valence-corrected chi connectivity index (χ1v) is 14.1. The number of anilines is 2. The highest BCUT2D eigenvalue weighted by Gasteiger charge is 2.40. The minimum atomic E-state index is -4.62. The van der Waals surface area contributed by atoms with E-state index in [1.54, 1.807) is 0 Å². The van der Waals surface area contributed by atoms with Crippen LogP contribution in [0.5, 0.6) is 0 Å². The van der Waals surface area contributed by atoms with Crippen LogP contribution in [0.4, 0.5) is 24.9 Å². The van der Waals surface area contributed by atoms with Crippen molar-refractivity contribution < 1.29 is 21.6 Å². The lowest BCUT2D eigenvalue weighted by molar-refractivity contribution is -0.137. The Morgan fingerprint density at radius 3 is 2.57 bits per heavy atom. The Labute approximate surface area is 202 Å². The summed E-state index contributed by atoms with van der Waals surface area (Å²) in [7, 11) is -3.21. The smallest absolute Gasteiger partial charge is 0.367 e. The van der Waals surface area contributed by atoms with E-state index < -0.39 is 26.8 Å². The van der Waals surface area contributed by atoms with E-state index >= 15 is 0 Å². The summed E-state index contributed by atoms with van der Waals surface area (Å²) >= 11 is 0. The maximum absolute atomic E-state index is 13.6. The van der Waals surface area contributed by atoms with E-state index in [-0.39, 0.29) is 42.6 Å². The van der Waals surface area contributed by atoms with Crippen molar-refractivity contribution in [1.29, 1.82) is 0 Å². The molecule has 13 heteroatoms. The molecule has 2 N–H and O–H groups in total. The summed E-state index contributed by atoms with van der Waals surface area (Å²) in [6.45, 7) is 0.935. The highest BCUT2D eigenvalue weighted by Crippen LogP contribution is 2.38. The van der Waals surface area contributed by atoms with Gasteiger partial charge in [-0.05, 0) is 44.9 Å². The molecule has 0 spiro atoms. The zero-order valence-corrected chi connectivity index (χ0v) is 20.4. The van der Waals surface area contributed by atoms with Gasteiger partial charge in [-0.3, -0.25) is 0 Å². The minimum Gasteiger partial charge on any atom is -0.367 e. The molecule has 2 saturated carbocycles. The van der Waals surface area contributed by atoms with Crippen LogP contribution in [0.3, 0.4) is 0 Å². The van der Waals surface area contributed by atoms with Crippen molar-refractivity contribution in [2.24, 2.45) is 0 Å². The second-order valence-electron chi connectivity index (χ2n) is 10.0. The third-order valence-electron chi connectivity index (χ3n) is 7.40. The number of rotatable bonds is 6. The first kappa shape index (κ1) is 24.3. The van der Waals surface area contributed by atoms with Gasteiger partial charge >= 0.3 is 6.18 Å². The molecule has 5 rings (SSSR count). The van der Waals surface area contributed by atoms with Crippen molar-refractivity contribution in [2.75, 3.05) is 16.9 Å². The molecule has 35 heavy (non-hydrogen) atoms. The Balaban J connectivity index is 1.29. The number of aromatic nitrogens is 5. The van der Waals surface area contributed by atoms with Gasteiger partial charge in [0.25, 0.3) is 0 Å². The average Bonchev–Trinajstić information content (AvgIpc) is 3.19. The van der Waals surface area contributed by atoms with E-state index in [9.17, 15) is 21.6 Å². The van der Waals surface area contributed by atoms with Crippen molar-refractivity contribution in [3.63, 3.8) is 0 Å². The van der Waals surface area contributed by atoms with Gasteiger partial charge in [-0.25, -0.2) is 13.4 Å². The number of sulfone groups is 1. The second-order valence-corrected chi connectivity index (χ2v) is 12.3. The highest BCUT2D eigenvalue weighted by atomic mass is 32.2. The second kappa shape index (κ2) is 9.21. The third kappa shape index (κ3) is 5.24. The van der Waals surface area contributed by atoms with Crippen LogP contribution in [-0.4, -0.2) is 56.7 Å². The average molecular weight is 514 g/mol. The summed E-state index contributed by atoms with van der Waals surface area (Å²) in [5.41, 5.74) is -0.956. The van der Waals surface area contributed by atoms with Gasteiger partial charge in [0.05, 0.1) is 5.25 Å². The Morgan fingerprint density at radius 2 is 1.83 bits per heavy atom. The van der Waals surface area contributed by atoms with Crippen molar-refractivity contribution in [2.45, 2.75) is 93.8 Å². The Kier molecular flexibility index (Phi) is 6.39. The summed E-state index contributed by atoms with van der Waals surface area (Å²) in [4.78, 5) is 8.12. The summed E-state index contributed by atoms with van der Waals surface area (Å²) in [6, 6.07) is -0.370. The normalized spacial score (nSPS) is 27.1. The van der Waals surface area contributed by atoms with Gasteiger partial charge in [0.1, 0.15) is 32.9 Å². The van der Waals surface area contributed by atoms with Crippen molar-refractivity contribution in [3.05, 3.63) is 23.4 Å². The van der Waals surface area contributed by atoms with Crippen molar-refractivity contribution in [1.82, 2.24) is 24.7 Å². The number of nitrogens with one attached hydrogen (secondary N) is 2.